The lowest BCUT2D eigenvalue weighted by Gasteiger charge is -2.47. The van der Waals surface area contributed by atoms with Gasteiger partial charge in [0.15, 0.2) is 0 Å². The predicted molar refractivity (Wildman–Crippen MR) is 65.4 cm³/mol. The number of rotatable bonds is 2. The van der Waals surface area contributed by atoms with Gasteiger partial charge in [-0.2, -0.15) is 0 Å². The van der Waals surface area contributed by atoms with E-state index >= 15 is 0 Å². The maximum absolute atomic E-state index is 11.5. The molecule has 0 aromatic carbocycles. The lowest BCUT2D eigenvalue weighted by atomic mass is 9.86. The van der Waals surface area contributed by atoms with E-state index in [9.17, 15) is 8.42 Å². The van der Waals surface area contributed by atoms with E-state index in [0.717, 1.165) is 45.4 Å². The lowest BCUT2D eigenvalue weighted by molar-refractivity contribution is 0.0594. The summed E-state index contributed by atoms with van der Waals surface area (Å²) in [6.07, 6.45) is 2.72. The standard InChI is InChI=1S/C11H22N2O2S/c1-2-11(13-7-5-12-6-8-13)3-9-16(14,15)10-4-11/h12H,2-10H2,1H3. The second kappa shape index (κ2) is 4.63. The third-order valence-electron chi connectivity index (χ3n) is 4.20. The minimum Gasteiger partial charge on any atom is -0.314 e. The molecule has 2 fully saturated rings. The largest absolute Gasteiger partial charge is 0.314 e. The molecule has 0 aromatic rings. The van der Waals surface area contributed by atoms with Crippen molar-refractivity contribution in [3.05, 3.63) is 0 Å². The van der Waals surface area contributed by atoms with Crippen LogP contribution in [0.5, 0.6) is 0 Å². The SMILES string of the molecule is CCC1(N2CCNCC2)CCS(=O)(=O)CC1. The Morgan fingerprint density at radius 1 is 1.19 bits per heavy atom. The molecule has 0 bridgehead atoms. The first-order valence-corrected chi connectivity index (χ1v) is 8.06. The van der Waals surface area contributed by atoms with Gasteiger partial charge in [-0.1, -0.05) is 6.92 Å². The molecule has 1 N–H and O–H groups in total. The molecule has 94 valence electrons. The van der Waals surface area contributed by atoms with E-state index in [2.05, 4.69) is 17.1 Å². The van der Waals surface area contributed by atoms with Crippen molar-refractivity contribution in [2.45, 2.75) is 31.7 Å². The van der Waals surface area contributed by atoms with E-state index < -0.39 is 9.84 Å². The highest BCUT2D eigenvalue weighted by atomic mass is 32.2. The molecule has 0 saturated carbocycles. The molecule has 2 heterocycles. The molecule has 0 amide bonds. The zero-order valence-corrected chi connectivity index (χ0v) is 10.9. The zero-order chi connectivity index (χ0) is 11.6. The number of hydrogen-bond donors (Lipinski definition) is 1. The number of sulfone groups is 1. The summed E-state index contributed by atoms with van der Waals surface area (Å²) in [5.74, 6) is 0.759. The first kappa shape index (κ1) is 12.3. The molecule has 2 aliphatic rings. The van der Waals surface area contributed by atoms with Crippen molar-refractivity contribution in [3.63, 3.8) is 0 Å². The third-order valence-corrected chi connectivity index (χ3v) is 5.86. The highest BCUT2D eigenvalue weighted by molar-refractivity contribution is 7.91. The molecule has 2 aliphatic heterocycles. The molecule has 0 spiro atoms. The van der Waals surface area contributed by atoms with Crippen LogP contribution in [0.4, 0.5) is 0 Å². The van der Waals surface area contributed by atoms with Gasteiger partial charge in [-0.15, -0.1) is 0 Å². The fraction of sp³-hybridized carbons (Fsp3) is 1.00. The molecule has 16 heavy (non-hydrogen) atoms. The quantitative estimate of drug-likeness (QED) is 0.759. The van der Waals surface area contributed by atoms with Gasteiger partial charge in [0.05, 0.1) is 11.5 Å². The maximum atomic E-state index is 11.5. The summed E-state index contributed by atoms with van der Waals surface area (Å²) >= 11 is 0. The van der Waals surface area contributed by atoms with Crippen LogP contribution in [0.1, 0.15) is 26.2 Å². The summed E-state index contributed by atoms with van der Waals surface area (Å²) in [6.45, 7) is 6.39. The van der Waals surface area contributed by atoms with Crippen LogP contribution in [-0.4, -0.2) is 56.5 Å². The summed E-state index contributed by atoms with van der Waals surface area (Å²) in [5, 5.41) is 3.35. The second-order valence-corrected chi connectivity index (χ2v) is 7.27. The third kappa shape index (κ3) is 2.41. The van der Waals surface area contributed by atoms with E-state index in [0.29, 0.717) is 11.5 Å². The Labute approximate surface area is 98.3 Å². The van der Waals surface area contributed by atoms with Gasteiger partial charge in [0.1, 0.15) is 9.84 Å². The first-order valence-electron chi connectivity index (χ1n) is 6.24. The monoisotopic (exact) mass is 246 g/mol. The van der Waals surface area contributed by atoms with E-state index in [1.54, 1.807) is 0 Å². The van der Waals surface area contributed by atoms with Crippen LogP contribution in [0, 0.1) is 0 Å². The molecular weight excluding hydrogens is 224 g/mol. The van der Waals surface area contributed by atoms with Crippen LogP contribution in [0.25, 0.3) is 0 Å². The summed E-state index contributed by atoms with van der Waals surface area (Å²) < 4.78 is 23.0. The van der Waals surface area contributed by atoms with Crippen LogP contribution >= 0.6 is 0 Å². The van der Waals surface area contributed by atoms with Crippen molar-refractivity contribution in [2.75, 3.05) is 37.7 Å². The van der Waals surface area contributed by atoms with Crippen molar-refractivity contribution < 1.29 is 8.42 Å². The number of piperazine rings is 1. The molecule has 0 aliphatic carbocycles. The number of hydrogen-bond acceptors (Lipinski definition) is 4. The Balaban J connectivity index is 2.08. The summed E-state index contributed by atoms with van der Waals surface area (Å²) in [5.41, 5.74) is 0.160. The van der Waals surface area contributed by atoms with Crippen molar-refractivity contribution in [1.29, 1.82) is 0 Å². The minimum atomic E-state index is -2.74. The number of nitrogens with zero attached hydrogens (tertiary/aromatic N) is 1. The maximum Gasteiger partial charge on any atom is 0.150 e. The Bertz CT molecular complexity index is 320. The fourth-order valence-corrected chi connectivity index (χ4v) is 4.54. The average Bonchev–Trinajstić information content (AvgIpc) is 2.31. The van der Waals surface area contributed by atoms with Crippen LogP contribution in [0.2, 0.25) is 0 Å². The molecule has 2 rings (SSSR count). The predicted octanol–water partition coefficient (Wildman–Crippen LogP) is 0.249. The van der Waals surface area contributed by atoms with E-state index in [1.165, 1.54) is 0 Å². The van der Waals surface area contributed by atoms with Gasteiger partial charge in [-0.05, 0) is 19.3 Å². The van der Waals surface area contributed by atoms with Gasteiger partial charge in [0.2, 0.25) is 0 Å². The molecule has 0 aromatic heterocycles. The lowest BCUT2D eigenvalue weighted by Crippen LogP contribution is -2.58. The molecule has 0 atom stereocenters. The van der Waals surface area contributed by atoms with Crippen LogP contribution in [-0.2, 0) is 9.84 Å². The van der Waals surface area contributed by atoms with Gasteiger partial charge in [-0.3, -0.25) is 4.90 Å². The topological polar surface area (TPSA) is 49.4 Å². The van der Waals surface area contributed by atoms with Crippen molar-refractivity contribution >= 4 is 9.84 Å². The van der Waals surface area contributed by atoms with Crippen molar-refractivity contribution in [1.82, 2.24) is 10.2 Å². The van der Waals surface area contributed by atoms with Crippen LogP contribution in [0.15, 0.2) is 0 Å². The van der Waals surface area contributed by atoms with Gasteiger partial charge >= 0.3 is 0 Å². The van der Waals surface area contributed by atoms with Crippen LogP contribution in [0.3, 0.4) is 0 Å². The van der Waals surface area contributed by atoms with Gasteiger partial charge < -0.3 is 5.32 Å². The fourth-order valence-electron chi connectivity index (χ4n) is 2.95. The van der Waals surface area contributed by atoms with Gasteiger partial charge in [-0.25, -0.2) is 8.42 Å². The normalized spacial score (nSPS) is 30.1. The Morgan fingerprint density at radius 3 is 2.25 bits per heavy atom. The Hall–Kier alpha value is -0.130. The second-order valence-electron chi connectivity index (χ2n) is 4.97. The van der Waals surface area contributed by atoms with E-state index in [1.807, 2.05) is 0 Å². The summed E-state index contributed by atoms with van der Waals surface area (Å²) in [6, 6.07) is 0. The van der Waals surface area contributed by atoms with E-state index in [4.69, 9.17) is 0 Å². The molecular formula is C11H22N2O2S. The Morgan fingerprint density at radius 2 is 1.75 bits per heavy atom. The Kier molecular flexibility index (Phi) is 3.56. The number of nitrogens with one attached hydrogen (secondary N) is 1. The molecule has 0 radical (unpaired) electrons. The first-order chi connectivity index (χ1) is 7.58. The highest BCUT2D eigenvalue weighted by Gasteiger charge is 2.40. The molecule has 0 unspecified atom stereocenters. The average molecular weight is 246 g/mol. The smallest absolute Gasteiger partial charge is 0.150 e. The van der Waals surface area contributed by atoms with Crippen molar-refractivity contribution in [3.8, 4) is 0 Å². The summed E-state index contributed by atoms with van der Waals surface area (Å²) in [7, 11) is -2.74. The molecule has 5 heteroatoms. The zero-order valence-electron chi connectivity index (χ0n) is 10.0. The molecule has 4 nitrogen and oxygen atoms in total. The summed E-state index contributed by atoms with van der Waals surface area (Å²) in [4.78, 5) is 2.51. The highest BCUT2D eigenvalue weighted by Crippen LogP contribution is 2.33. The van der Waals surface area contributed by atoms with Crippen molar-refractivity contribution in [2.24, 2.45) is 0 Å². The van der Waals surface area contributed by atoms with Gasteiger partial charge in [0, 0.05) is 31.7 Å². The minimum absolute atomic E-state index is 0.160. The molecule has 2 saturated heterocycles. The van der Waals surface area contributed by atoms with Gasteiger partial charge in [0.25, 0.3) is 0 Å². The van der Waals surface area contributed by atoms with Crippen LogP contribution < -0.4 is 5.32 Å². The van der Waals surface area contributed by atoms with E-state index in [-0.39, 0.29) is 5.54 Å².